The molecule has 0 heterocycles. The molecule has 1 atom stereocenters. The fourth-order valence-electron chi connectivity index (χ4n) is 2.36. The van der Waals surface area contributed by atoms with Gasteiger partial charge < -0.3 is 4.74 Å². The normalized spacial score (nSPS) is 12.3. The quantitative estimate of drug-likeness (QED) is 0.491. The summed E-state index contributed by atoms with van der Waals surface area (Å²) >= 11 is 11.9. The van der Waals surface area contributed by atoms with Crippen LogP contribution in [-0.2, 0) is 4.79 Å². The number of ether oxygens (including phenoxy) is 1. The Morgan fingerprint density at radius 3 is 2.62 bits per heavy atom. The second-order valence-corrected chi connectivity index (χ2v) is 6.51. The summed E-state index contributed by atoms with van der Waals surface area (Å²) in [5.41, 5.74) is 3.10. The van der Waals surface area contributed by atoms with E-state index in [1.54, 1.807) is 25.1 Å². The molecule has 0 saturated carbocycles. The van der Waals surface area contributed by atoms with Crippen LogP contribution in [0.25, 0.3) is 10.8 Å². The molecule has 3 aromatic rings. The van der Waals surface area contributed by atoms with Gasteiger partial charge in [-0.25, -0.2) is 5.43 Å². The van der Waals surface area contributed by atoms with Crippen molar-refractivity contribution in [2.45, 2.75) is 13.0 Å². The molecule has 0 unspecified atom stereocenters. The van der Waals surface area contributed by atoms with Crippen molar-refractivity contribution in [2.75, 3.05) is 0 Å². The smallest absolute Gasteiger partial charge is 0.280 e. The first-order chi connectivity index (χ1) is 12.5. The molecule has 4 nitrogen and oxygen atoms in total. The number of halogens is 2. The fraction of sp³-hybridized carbons (Fsp3) is 0.100. The summed E-state index contributed by atoms with van der Waals surface area (Å²) in [5, 5.41) is 7.06. The number of carbonyl (C=O) groups excluding carboxylic acids is 1. The van der Waals surface area contributed by atoms with E-state index in [0.29, 0.717) is 21.4 Å². The van der Waals surface area contributed by atoms with Gasteiger partial charge in [0, 0.05) is 10.6 Å². The van der Waals surface area contributed by atoms with Gasteiger partial charge in [0.2, 0.25) is 0 Å². The maximum atomic E-state index is 12.1. The molecular formula is C20H16Cl2N2O2. The van der Waals surface area contributed by atoms with Gasteiger partial charge in [0.15, 0.2) is 6.10 Å². The zero-order valence-electron chi connectivity index (χ0n) is 13.9. The average Bonchev–Trinajstić information content (AvgIpc) is 2.63. The third-order valence-corrected chi connectivity index (χ3v) is 4.31. The zero-order valence-corrected chi connectivity index (χ0v) is 15.5. The monoisotopic (exact) mass is 386 g/mol. The van der Waals surface area contributed by atoms with Gasteiger partial charge in [-0.2, -0.15) is 5.10 Å². The Labute approximate surface area is 161 Å². The second-order valence-electron chi connectivity index (χ2n) is 5.67. The largest absolute Gasteiger partial charge is 0.481 e. The molecule has 0 aliphatic rings. The number of carbonyl (C=O) groups is 1. The van der Waals surface area contributed by atoms with Crippen LogP contribution in [-0.4, -0.2) is 18.2 Å². The number of nitrogens with zero attached hydrogens (tertiary/aromatic N) is 1. The lowest BCUT2D eigenvalue weighted by Crippen LogP contribution is -2.33. The molecule has 0 saturated heterocycles. The summed E-state index contributed by atoms with van der Waals surface area (Å²) in [6.45, 7) is 1.66. The number of hydrazone groups is 1. The number of hydrogen-bond acceptors (Lipinski definition) is 3. The predicted molar refractivity (Wildman–Crippen MR) is 106 cm³/mol. The lowest BCUT2D eigenvalue weighted by Gasteiger charge is -2.13. The maximum Gasteiger partial charge on any atom is 0.280 e. The Hall–Kier alpha value is -2.56. The first kappa shape index (κ1) is 18.2. The van der Waals surface area contributed by atoms with Gasteiger partial charge in [-0.05, 0) is 42.0 Å². The van der Waals surface area contributed by atoms with Crippen molar-refractivity contribution in [3.05, 3.63) is 76.3 Å². The molecule has 0 fully saturated rings. The Morgan fingerprint density at radius 1 is 1.08 bits per heavy atom. The molecule has 1 N–H and O–H groups in total. The van der Waals surface area contributed by atoms with Gasteiger partial charge in [0.25, 0.3) is 5.91 Å². The molecule has 0 aliphatic heterocycles. The predicted octanol–water partition coefficient (Wildman–Crippen LogP) is 5.06. The van der Waals surface area contributed by atoms with Crippen molar-refractivity contribution in [2.24, 2.45) is 5.10 Å². The van der Waals surface area contributed by atoms with Gasteiger partial charge in [0.05, 0.1) is 11.2 Å². The van der Waals surface area contributed by atoms with E-state index in [-0.39, 0.29) is 5.91 Å². The van der Waals surface area contributed by atoms with Crippen LogP contribution in [0.4, 0.5) is 0 Å². The van der Waals surface area contributed by atoms with Gasteiger partial charge >= 0.3 is 0 Å². The summed E-state index contributed by atoms with van der Waals surface area (Å²) < 4.78 is 5.70. The molecule has 26 heavy (non-hydrogen) atoms. The third-order valence-electron chi connectivity index (χ3n) is 3.74. The first-order valence-corrected chi connectivity index (χ1v) is 8.72. The molecule has 3 rings (SSSR count). The fourth-order valence-corrected chi connectivity index (χ4v) is 2.82. The van der Waals surface area contributed by atoms with Crippen LogP contribution < -0.4 is 10.2 Å². The van der Waals surface area contributed by atoms with E-state index in [1.807, 2.05) is 42.5 Å². The highest BCUT2D eigenvalue weighted by Crippen LogP contribution is 2.21. The highest BCUT2D eigenvalue weighted by atomic mass is 35.5. The number of fused-ring (bicyclic) bond motifs is 1. The van der Waals surface area contributed by atoms with Crippen LogP contribution in [0.2, 0.25) is 10.0 Å². The molecule has 1 amide bonds. The number of hydrogen-bond donors (Lipinski definition) is 1. The van der Waals surface area contributed by atoms with Gasteiger partial charge in [0.1, 0.15) is 5.75 Å². The number of benzene rings is 3. The minimum Gasteiger partial charge on any atom is -0.481 e. The second kappa shape index (κ2) is 8.21. The van der Waals surface area contributed by atoms with Crippen LogP contribution >= 0.6 is 23.2 Å². The lowest BCUT2D eigenvalue weighted by molar-refractivity contribution is -0.127. The van der Waals surface area contributed by atoms with Crippen molar-refractivity contribution in [1.29, 1.82) is 0 Å². The van der Waals surface area contributed by atoms with Crippen molar-refractivity contribution in [3.8, 4) is 5.75 Å². The molecule has 3 aromatic carbocycles. The minimum absolute atomic E-state index is 0.362. The summed E-state index contributed by atoms with van der Waals surface area (Å²) in [6, 6.07) is 18.7. The van der Waals surface area contributed by atoms with Crippen molar-refractivity contribution in [1.82, 2.24) is 5.43 Å². The summed E-state index contributed by atoms with van der Waals surface area (Å²) in [4.78, 5) is 12.1. The summed E-state index contributed by atoms with van der Waals surface area (Å²) in [6.07, 6.45) is 0.758. The third kappa shape index (κ3) is 4.54. The summed E-state index contributed by atoms with van der Waals surface area (Å²) in [5.74, 6) is 0.260. The summed E-state index contributed by atoms with van der Waals surface area (Å²) in [7, 11) is 0. The molecule has 6 heteroatoms. The lowest BCUT2D eigenvalue weighted by atomic mass is 10.1. The van der Waals surface area contributed by atoms with E-state index in [4.69, 9.17) is 27.9 Å². The molecule has 0 aromatic heterocycles. The SMILES string of the molecule is C[C@H](Oc1ccc2ccccc2c1)C(=O)N/N=C\c1ccc(Cl)cc1Cl. The molecule has 0 spiro atoms. The van der Waals surface area contributed by atoms with Crippen molar-refractivity contribution in [3.63, 3.8) is 0 Å². The van der Waals surface area contributed by atoms with Crippen molar-refractivity contribution >= 4 is 46.1 Å². The topological polar surface area (TPSA) is 50.7 Å². The molecule has 0 bridgehead atoms. The zero-order chi connectivity index (χ0) is 18.5. The van der Waals surface area contributed by atoms with Crippen LogP contribution in [0.15, 0.2) is 65.8 Å². The van der Waals surface area contributed by atoms with Gasteiger partial charge in [-0.1, -0.05) is 59.6 Å². The van der Waals surface area contributed by atoms with Gasteiger partial charge in [-0.15, -0.1) is 0 Å². The van der Waals surface area contributed by atoms with Crippen LogP contribution in [0.3, 0.4) is 0 Å². The molecule has 0 radical (unpaired) electrons. The Morgan fingerprint density at radius 2 is 1.85 bits per heavy atom. The molecule has 132 valence electrons. The van der Waals surface area contributed by atoms with E-state index in [9.17, 15) is 4.79 Å². The van der Waals surface area contributed by atoms with Crippen LogP contribution in [0, 0.1) is 0 Å². The van der Waals surface area contributed by atoms with Crippen molar-refractivity contribution < 1.29 is 9.53 Å². The van der Waals surface area contributed by atoms with Crippen LogP contribution in [0.1, 0.15) is 12.5 Å². The van der Waals surface area contributed by atoms with E-state index >= 15 is 0 Å². The highest BCUT2D eigenvalue weighted by molar-refractivity contribution is 6.36. The highest BCUT2D eigenvalue weighted by Gasteiger charge is 2.14. The van der Waals surface area contributed by atoms with E-state index in [2.05, 4.69) is 10.5 Å². The number of amides is 1. The molecule has 0 aliphatic carbocycles. The average molecular weight is 387 g/mol. The van der Waals surface area contributed by atoms with E-state index in [1.165, 1.54) is 6.21 Å². The van der Waals surface area contributed by atoms with Crippen LogP contribution in [0.5, 0.6) is 5.75 Å². The van der Waals surface area contributed by atoms with E-state index < -0.39 is 6.10 Å². The Bertz CT molecular complexity index is 973. The minimum atomic E-state index is -0.700. The maximum absolute atomic E-state index is 12.1. The number of rotatable bonds is 5. The Kier molecular flexibility index (Phi) is 5.76. The van der Waals surface area contributed by atoms with Gasteiger partial charge in [-0.3, -0.25) is 4.79 Å². The molecular weight excluding hydrogens is 371 g/mol. The Balaban J connectivity index is 1.60. The first-order valence-electron chi connectivity index (χ1n) is 7.96. The number of nitrogens with one attached hydrogen (secondary N) is 1. The standard InChI is InChI=1S/C20H16Cl2N2O2/c1-13(26-18-9-7-14-4-2-3-5-15(14)10-18)20(25)24-23-12-16-6-8-17(21)11-19(16)22/h2-13H,1H3,(H,24,25)/b23-12-/t13-/m0/s1. The van der Waals surface area contributed by atoms with E-state index in [0.717, 1.165) is 10.8 Å².